The molecule has 0 saturated carbocycles. The average Bonchev–Trinajstić information content (AvgIpc) is 2.69. The van der Waals surface area contributed by atoms with E-state index in [1.807, 2.05) is 0 Å². The molecular formula is C12H18F3N3O2. The van der Waals surface area contributed by atoms with Gasteiger partial charge in [0, 0.05) is 32.1 Å². The first-order chi connectivity index (χ1) is 9.26. The third-order valence-corrected chi connectivity index (χ3v) is 3.79. The zero-order chi connectivity index (χ0) is 14.9. The standard InChI is InChI=1S/C12H18F3N3O2/c13-12(14,15)7-18-6-8(5-10(18)19)11(20)17-3-1-9(16)2-4-17/h8-9H,1-7,16H2. The number of nitrogens with zero attached hydrogens (tertiary/aromatic N) is 2. The largest absolute Gasteiger partial charge is 0.406 e. The third kappa shape index (κ3) is 3.62. The van der Waals surface area contributed by atoms with Crippen LogP contribution < -0.4 is 5.73 Å². The highest BCUT2D eigenvalue weighted by molar-refractivity contribution is 5.89. The summed E-state index contributed by atoms with van der Waals surface area (Å²) in [5, 5.41) is 0. The van der Waals surface area contributed by atoms with Crippen LogP contribution in [0.3, 0.4) is 0 Å². The molecule has 2 N–H and O–H groups in total. The van der Waals surface area contributed by atoms with Crippen molar-refractivity contribution in [3.8, 4) is 0 Å². The van der Waals surface area contributed by atoms with Gasteiger partial charge in [-0.3, -0.25) is 9.59 Å². The average molecular weight is 293 g/mol. The van der Waals surface area contributed by atoms with Gasteiger partial charge in [-0.1, -0.05) is 0 Å². The van der Waals surface area contributed by atoms with Crippen molar-refractivity contribution in [3.63, 3.8) is 0 Å². The van der Waals surface area contributed by atoms with E-state index in [2.05, 4.69) is 0 Å². The summed E-state index contributed by atoms with van der Waals surface area (Å²) < 4.78 is 36.9. The number of hydrogen-bond acceptors (Lipinski definition) is 3. The second-order valence-corrected chi connectivity index (χ2v) is 5.45. The number of amides is 2. The van der Waals surface area contributed by atoms with Crippen molar-refractivity contribution in [1.29, 1.82) is 0 Å². The molecule has 114 valence electrons. The number of halogens is 3. The Kier molecular flexibility index (Phi) is 4.22. The van der Waals surface area contributed by atoms with Gasteiger partial charge in [-0.2, -0.15) is 13.2 Å². The van der Waals surface area contributed by atoms with E-state index < -0.39 is 24.5 Å². The highest BCUT2D eigenvalue weighted by atomic mass is 19.4. The summed E-state index contributed by atoms with van der Waals surface area (Å²) in [6.07, 6.45) is -3.17. The molecule has 0 bridgehead atoms. The lowest BCUT2D eigenvalue weighted by atomic mass is 10.0. The fraction of sp³-hybridized carbons (Fsp3) is 0.833. The molecule has 2 fully saturated rings. The van der Waals surface area contributed by atoms with Gasteiger partial charge in [0.1, 0.15) is 6.54 Å². The van der Waals surface area contributed by atoms with Crippen molar-refractivity contribution in [3.05, 3.63) is 0 Å². The molecule has 2 amide bonds. The number of alkyl halides is 3. The zero-order valence-corrected chi connectivity index (χ0v) is 11.0. The minimum atomic E-state index is -4.43. The number of piperidine rings is 1. The van der Waals surface area contributed by atoms with Crippen LogP contribution in [0.1, 0.15) is 19.3 Å². The van der Waals surface area contributed by atoms with Crippen LogP contribution in [-0.2, 0) is 9.59 Å². The fourth-order valence-corrected chi connectivity index (χ4v) is 2.68. The maximum atomic E-state index is 12.3. The van der Waals surface area contributed by atoms with E-state index in [1.165, 1.54) is 0 Å². The number of nitrogens with two attached hydrogens (primary N) is 1. The lowest BCUT2D eigenvalue weighted by Crippen LogP contribution is -2.45. The maximum Gasteiger partial charge on any atom is 0.406 e. The second kappa shape index (κ2) is 5.59. The molecule has 8 heteroatoms. The molecule has 2 aliphatic heterocycles. The SMILES string of the molecule is NC1CCN(C(=O)C2CC(=O)N(CC(F)(F)F)C2)CC1. The highest BCUT2D eigenvalue weighted by Crippen LogP contribution is 2.25. The summed E-state index contributed by atoms with van der Waals surface area (Å²) in [5.74, 6) is -1.48. The maximum absolute atomic E-state index is 12.3. The van der Waals surface area contributed by atoms with E-state index in [9.17, 15) is 22.8 Å². The molecule has 1 unspecified atom stereocenters. The van der Waals surface area contributed by atoms with Crippen LogP contribution >= 0.6 is 0 Å². The summed E-state index contributed by atoms with van der Waals surface area (Å²) >= 11 is 0. The van der Waals surface area contributed by atoms with Crippen molar-refractivity contribution < 1.29 is 22.8 Å². The molecule has 20 heavy (non-hydrogen) atoms. The Bertz CT molecular complexity index is 392. The fourth-order valence-electron chi connectivity index (χ4n) is 2.68. The number of rotatable bonds is 2. The third-order valence-electron chi connectivity index (χ3n) is 3.79. The molecule has 2 saturated heterocycles. The lowest BCUT2D eigenvalue weighted by molar-refractivity contribution is -0.157. The normalized spacial score (nSPS) is 25.4. The Morgan fingerprint density at radius 1 is 1.30 bits per heavy atom. The number of hydrogen-bond donors (Lipinski definition) is 1. The molecule has 5 nitrogen and oxygen atoms in total. The van der Waals surface area contributed by atoms with E-state index in [1.54, 1.807) is 4.90 Å². The van der Waals surface area contributed by atoms with E-state index in [4.69, 9.17) is 5.73 Å². The van der Waals surface area contributed by atoms with E-state index in [0.717, 1.165) is 4.90 Å². The molecular weight excluding hydrogens is 275 g/mol. The van der Waals surface area contributed by atoms with E-state index >= 15 is 0 Å². The lowest BCUT2D eigenvalue weighted by Gasteiger charge is -2.32. The van der Waals surface area contributed by atoms with Crippen LogP contribution in [0.2, 0.25) is 0 Å². The van der Waals surface area contributed by atoms with Gasteiger partial charge in [0.25, 0.3) is 0 Å². The molecule has 2 rings (SSSR count). The Hall–Kier alpha value is -1.31. The topological polar surface area (TPSA) is 66.6 Å². The van der Waals surface area contributed by atoms with Crippen LogP contribution in [-0.4, -0.2) is 60.0 Å². The van der Waals surface area contributed by atoms with Crippen molar-refractivity contribution in [1.82, 2.24) is 9.80 Å². The summed E-state index contributed by atoms with van der Waals surface area (Å²) in [5.41, 5.74) is 5.74. The Balaban J connectivity index is 1.91. The molecule has 0 radical (unpaired) electrons. The van der Waals surface area contributed by atoms with Crippen molar-refractivity contribution in [2.24, 2.45) is 11.7 Å². The summed E-state index contributed by atoms with van der Waals surface area (Å²) in [4.78, 5) is 26.1. The molecule has 1 atom stereocenters. The first-order valence-electron chi connectivity index (χ1n) is 6.65. The van der Waals surface area contributed by atoms with Gasteiger partial charge in [-0.25, -0.2) is 0 Å². The predicted octanol–water partition coefficient (Wildman–Crippen LogP) is 0.347. The second-order valence-electron chi connectivity index (χ2n) is 5.45. The van der Waals surface area contributed by atoms with Gasteiger partial charge in [0.2, 0.25) is 11.8 Å². The number of carbonyl (C=O) groups is 2. The molecule has 2 heterocycles. The van der Waals surface area contributed by atoms with Crippen LogP contribution in [0.15, 0.2) is 0 Å². The van der Waals surface area contributed by atoms with Crippen LogP contribution in [0.5, 0.6) is 0 Å². The van der Waals surface area contributed by atoms with Crippen LogP contribution in [0.4, 0.5) is 13.2 Å². The van der Waals surface area contributed by atoms with Crippen molar-refractivity contribution in [2.45, 2.75) is 31.5 Å². The zero-order valence-electron chi connectivity index (χ0n) is 11.0. The van der Waals surface area contributed by atoms with Gasteiger partial charge in [-0.15, -0.1) is 0 Å². The monoisotopic (exact) mass is 293 g/mol. The first-order valence-corrected chi connectivity index (χ1v) is 6.65. The molecule has 0 aromatic heterocycles. The minimum Gasteiger partial charge on any atom is -0.342 e. The van der Waals surface area contributed by atoms with Gasteiger partial charge in [0.05, 0.1) is 5.92 Å². The summed E-state index contributed by atoms with van der Waals surface area (Å²) in [6.45, 7) is -0.381. The minimum absolute atomic E-state index is 0.0750. The Labute approximate surface area is 114 Å². The molecule has 2 aliphatic rings. The van der Waals surface area contributed by atoms with Crippen molar-refractivity contribution in [2.75, 3.05) is 26.2 Å². The first kappa shape index (κ1) is 15.1. The number of carbonyl (C=O) groups excluding carboxylic acids is 2. The molecule has 0 aliphatic carbocycles. The van der Waals surface area contributed by atoms with Crippen molar-refractivity contribution >= 4 is 11.8 Å². The van der Waals surface area contributed by atoms with Gasteiger partial charge >= 0.3 is 6.18 Å². The number of likely N-dealkylation sites (tertiary alicyclic amines) is 2. The molecule has 0 aromatic carbocycles. The van der Waals surface area contributed by atoms with Gasteiger partial charge in [-0.05, 0) is 12.8 Å². The smallest absolute Gasteiger partial charge is 0.342 e. The highest BCUT2D eigenvalue weighted by Gasteiger charge is 2.41. The van der Waals surface area contributed by atoms with Gasteiger partial charge < -0.3 is 15.5 Å². The molecule has 0 aromatic rings. The van der Waals surface area contributed by atoms with Crippen LogP contribution in [0, 0.1) is 5.92 Å². The molecule has 0 spiro atoms. The van der Waals surface area contributed by atoms with E-state index in [0.29, 0.717) is 25.9 Å². The Morgan fingerprint density at radius 2 is 1.90 bits per heavy atom. The van der Waals surface area contributed by atoms with Crippen LogP contribution in [0.25, 0.3) is 0 Å². The quantitative estimate of drug-likeness (QED) is 0.799. The van der Waals surface area contributed by atoms with E-state index in [-0.39, 0.29) is 24.9 Å². The Morgan fingerprint density at radius 3 is 2.45 bits per heavy atom. The predicted molar refractivity (Wildman–Crippen MR) is 64.5 cm³/mol. The van der Waals surface area contributed by atoms with Gasteiger partial charge in [0.15, 0.2) is 0 Å². The summed E-state index contributed by atoms with van der Waals surface area (Å²) in [6, 6.07) is 0.0750. The summed E-state index contributed by atoms with van der Waals surface area (Å²) in [7, 11) is 0.